The Labute approximate surface area is 114 Å². The summed E-state index contributed by atoms with van der Waals surface area (Å²) < 4.78 is 0. The third kappa shape index (κ3) is 6.50. The largest absolute Gasteiger partial charge is 0.489 e. The molecule has 0 fully saturated rings. The van der Waals surface area contributed by atoms with Gasteiger partial charge in [0.2, 0.25) is 0 Å². The van der Waals surface area contributed by atoms with Crippen molar-refractivity contribution >= 4 is 26.3 Å². The van der Waals surface area contributed by atoms with Crippen LogP contribution >= 0.6 is 0 Å². The lowest BCUT2D eigenvalue weighted by Crippen LogP contribution is -2.13. The van der Waals surface area contributed by atoms with E-state index in [-0.39, 0.29) is 20.5 Å². The van der Waals surface area contributed by atoms with Gasteiger partial charge in [-0.1, -0.05) is 61.8 Å². The fraction of sp³-hybridized carbons (Fsp3) is 0.231. The summed E-state index contributed by atoms with van der Waals surface area (Å²) in [5.74, 6) is -1.83. The number of hydrogen-bond acceptors (Lipinski definition) is 2. The molecule has 0 aliphatic heterocycles. The maximum atomic E-state index is 10.8. The monoisotopic (exact) mass is 260 g/mol. The van der Waals surface area contributed by atoms with Gasteiger partial charge in [0.1, 0.15) is 0 Å². The SMILES string of the molecule is C=C/C(BC(=O)O)=C\C(=C(\BC(=O)O)C=C)C(C)C. The molecule has 0 aromatic rings. The highest BCUT2D eigenvalue weighted by molar-refractivity contribution is 6.78. The van der Waals surface area contributed by atoms with Crippen LogP contribution in [0.15, 0.2) is 47.9 Å². The van der Waals surface area contributed by atoms with Crippen molar-refractivity contribution in [2.45, 2.75) is 13.8 Å². The Hall–Kier alpha value is -1.97. The summed E-state index contributed by atoms with van der Waals surface area (Å²) in [6.07, 6.45) is 4.66. The van der Waals surface area contributed by atoms with Crippen LogP contribution in [-0.4, -0.2) is 36.5 Å². The molecule has 0 aliphatic carbocycles. The van der Waals surface area contributed by atoms with E-state index < -0.39 is 11.7 Å². The van der Waals surface area contributed by atoms with E-state index in [2.05, 4.69) is 13.2 Å². The van der Waals surface area contributed by atoms with Gasteiger partial charge in [-0.15, -0.1) is 0 Å². The van der Waals surface area contributed by atoms with Crippen molar-refractivity contribution in [3.8, 4) is 0 Å². The molecule has 0 saturated carbocycles. The number of rotatable bonds is 8. The highest BCUT2D eigenvalue weighted by Crippen LogP contribution is 2.19. The van der Waals surface area contributed by atoms with Crippen molar-refractivity contribution in [2.75, 3.05) is 0 Å². The van der Waals surface area contributed by atoms with Crippen LogP contribution in [0.25, 0.3) is 0 Å². The summed E-state index contributed by atoms with van der Waals surface area (Å²) in [6.45, 7) is 11.0. The van der Waals surface area contributed by atoms with Gasteiger partial charge in [-0.25, -0.2) is 0 Å². The third-order valence-electron chi connectivity index (χ3n) is 2.54. The van der Waals surface area contributed by atoms with Crippen molar-refractivity contribution in [2.24, 2.45) is 5.92 Å². The van der Waals surface area contributed by atoms with Crippen molar-refractivity contribution < 1.29 is 19.8 Å². The molecule has 0 atom stereocenters. The lowest BCUT2D eigenvalue weighted by atomic mass is 9.64. The fourth-order valence-electron chi connectivity index (χ4n) is 1.64. The van der Waals surface area contributed by atoms with Gasteiger partial charge >= 0.3 is 0 Å². The first-order valence-electron chi connectivity index (χ1n) is 5.93. The van der Waals surface area contributed by atoms with Gasteiger partial charge in [-0.05, 0) is 5.92 Å². The second-order valence-electron chi connectivity index (χ2n) is 4.40. The predicted octanol–water partition coefficient (Wildman–Crippen LogP) is 2.38. The second-order valence-corrected chi connectivity index (χ2v) is 4.40. The number of carboxylic acid groups (broad SMARTS) is 2. The van der Waals surface area contributed by atoms with E-state index in [4.69, 9.17) is 10.2 Å². The van der Waals surface area contributed by atoms with E-state index in [1.54, 1.807) is 6.08 Å². The van der Waals surface area contributed by atoms with Gasteiger partial charge in [0, 0.05) is 0 Å². The average molecular weight is 260 g/mol. The summed E-state index contributed by atoms with van der Waals surface area (Å²) in [5.41, 5.74) is 1.90. The minimum atomic E-state index is -0.951. The van der Waals surface area contributed by atoms with Crippen LogP contribution in [0.3, 0.4) is 0 Å². The number of hydrogen-bond donors (Lipinski definition) is 2. The Kier molecular flexibility index (Phi) is 7.34. The minimum Gasteiger partial charge on any atom is -0.489 e. The maximum absolute atomic E-state index is 10.8. The standard InChI is InChI=1S/C13H18B2O4/c1-5-9(14-12(16)17)7-10(8(3)4)11(6-2)15-13(18)19/h5-8,14-15H,1-2H2,3-4H3,(H,16,17)(H,18,19)/b9-7+,11-10-. The molecule has 19 heavy (non-hydrogen) atoms. The van der Waals surface area contributed by atoms with E-state index in [0.717, 1.165) is 5.57 Å². The van der Waals surface area contributed by atoms with Crippen molar-refractivity contribution in [3.05, 3.63) is 47.9 Å². The molecule has 0 rings (SSSR count). The first kappa shape index (κ1) is 17.0. The Balaban J connectivity index is 5.62. The summed E-state index contributed by atoms with van der Waals surface area (Å²) >= 11 is 0. The van der Waals surface area contributed by atoms with Crippen LogP contribution in [0.5, 0.6) is 0 Å². The van der Waals surface area contributed by atoms with Gasteiger partial charge in [-0.3, -0.25) is 9.59 Å². The zero-order valence-corrected chi connectivity index (χ0v) is 11.3. The molecule has 0 saturated heterocycles. The van der Waals surface area contributed by atoms with E-state index in [0.29, 0.717) is 10.9 Å². The van der Waals surface area contributed by atoms with Crippen LogP contribution in [-0.2, 0) is 0 Å². The topological polar surface area (TPSA) is 74.6 Å². The molecule has 0 heterocycles. The first-order chi connectivity index (χ1) is 8.81. The van der Waals surface area contributed by atoms with Crippen molar-refractivity contribution in [1.29, 1.82) is 0 Å². The molecule has 2 N–H and O–H groups in total. The van der Waals surface area contributed by atoms with E-state index in [1.807, 2.05) is 13.8 Å². The van der Waals surface area contributed by atoms with E-state index in [9.17, 15) is 9.59 Å². The average Bonchev–Trinajstić information content (AvgIpc) is 2.30. The molecule has 0 amide bonds. The molecule has 0 aliphatic rings. The van der Waals surface area contributed by atoms with E-state index >= 15 is 0 Å². The molecule has 4 nitrogen and oxygen atoms in total. The Morgan fingerprint density at radius 2 is 1.58 bits per heavy atom. The Morgan fingerprint density at radius 3 is 1.89 bits per heavy atom. The van der Waals surface area contributed by atoms with Gasteiger partial charge in [0.05, 0.1) is 0 Å². The van der Waals surface area contributed by atoms with E-state index in [1.165, 1.54) is 12.2 Å². The van der Waals surface area contributed by atoms with Gasteiger partial charge in [-0.2, -0.15) is 0 Å². The predicted molar refractivity (Wildman–Crippen MR) is 80.7 cm³/mol. The smallest absolute Gasteiger partial charge is 0.293 e. The highest BCUT2D eigenvalue weighted by atomic mass is 16.4. The third-order valence-corrected chi connectivity index (χ3v) is 2.54. The maximum Gasteiger partial charge on any atom is 0.293 e. The first-order valence-corrected chi connectivity index (χ1v) is 5.93. The van der Waals surface area contributed by atoms with Crippen molar-refractivity contribution in [1.82, 2.24) is 0 Å². The normalized spacial score (nSPS) is 12.5. The quantitative estimate of drug-likeness (QED) is 0.519. The zero-order valence-electron chi connectivity index (χ0n) is 11.3. The van der Waals surface area contributed by atoms with Gasteiger partial charge in [0.15, 0.2) is 0 Å². The molecule has 0 unspecified atom stereocenters. The molecule has 0 bridgehead atoms. The molecule has 0 radical (unpaired) electrons. The van der Waals surface area contributed by atoms with Crippen molar-refractivity contribution in [3.63, 3.8) is 0 Å². The molecule has 100 valence electrons. The van der Waals surface area contributed by atoms with Gasteiger partial charge in [0.25, 0.3) is 26.3 Å². The summed E-state index contributed by atoms with van der Waals surface area (Å²) in [5, 5.41) is 17.7. The fourth-order valence-corrected chi connectivity index (χ4v) is 1.64. The summed E-state index contributed by atoms with van der Waals surface area (Å²) in [7, 11) is -0.276. The lowest BCUT2D eigenvalue weighted by molar-refractivity contribution is 0.219. The molecule has 0 spiro atoms. The number of allylic oxidation sites excluding steroid dienone is 6. The zero-order chi connectivity index (χ0) is 15.0. The van der Waals surface area contributed by atoms with Crippen LogP contribution in [0.1, 0.15) is 13.8 Å². The molecule has 6 heteroatoms. The van der Waals surface area contributed by atoms with Crippen LogP contribution in [0.4, 0.5) is 9.59 Å². The lowest BCUT2D eigenvalue weighted by Gasteiger charge is -2.12. The molecule has 0 aromatic carbocycles. The van der Waals surface area contributed by atoms with Gasteiger partial charge < -0.3 is 10.2 Å². The van der Waals surface area contributed by atoms with Crippen LogP contribution in [0.2, 0.25) is 0 Å². The van der Waals surface area contributed by atoms with Crippen LogP contribution in [0, 0.1) is 5.92 Å². The minimum absolute atomic E-state index is 0.0658. The molecular formula is C13H18B2O4. The molecule has 0 aromatic heterocycles. The molecular weight excluding hydrogens is 242 g/mol. The Morgan fingerprint density at radius 1 is 1.05 bits per heavy atom. The second kappa shape index (κ2) is 8.19. The summed E-state index contributed by atoms with van der Waals surface area (Å²) in [6, 6.07) is 0. The van der Waals surface area contributed by atoms with Crippen LogP contribution < -0.4 is 0 Å². The highest BCUT2D eigenvalue weighted by Gasteiger charge is 2.13. The Bertz CT molecular complexity index is 448. The number of carbonyl (C=O) groups is 2. The summed E-state index contributed by atoms with van der Waals surface area (Å²) in [4.78, 5) is 21.5.